The summed E-state index contributed by atoms with van der Waals surface area (Å²) in [6, 6.07) is 4.92. The van der Waals surface area contributed by atoms with Crippen LogP contribution in [0.25, 0.3) is 0 Å². The number of aliphatic hydroxyl groups excluding tert-OH is 1. The van der Waals surface area contributed by atoms with Crippen molar-refractivity contribution in [3.63, 3.8) is 0 Å². The van der Waals surface area contributed by atoms with E-state index in [0.717, 1.165) is 12.8 Å². The summed E-state index contributed by atoms with van der Waals surface area (Å²) in [5, 5.41) is 10.1. The molecule has 2 unspecified atom stereocenters. The highest BCUT2D eigenvalue weighted by Crippen LogP contribution is 2.29. The molecule has 0 amide bonds. The van der Waals surface area contributed by atoms with Gasteiger partial charge in [-0.3, -0.25) is 0 Å². The van der Waals surface area contributed by atoms with Gasteiger partial charge < -0.3 is 5.11 Å². The Hall–Kier alpha value is -0.620. The van der Waals surface area contributed by atoms with E-state index in [1.165, 1.54) is 4.31 Å². The summed E-state index contributed by atoms with van der Waals surface area (Å²) in [5.74, 6) is -0.00184. The van der Waals surface area contributed by atoms with E-state index < -0.39 is 16.1 Å². The Morgan fingerprint density at radius 2 is 2.15 bits per heavy atom. The molecule has 112 valence electrons. The minimum atomic E-state index is -3.54. The van der Waals surface area contributed by atoms with E-state index in [-0.39, 0.29) is 10.8 Å². The van der Waals surface area contributed by atoms with Crippen molar-refractivity contribution >= 4 is 21.6 Å². The van der Waals surface area contributed by atoms with Crippen LogP contribution in [0.3, 0.4) is 0 Å². The number of sulfonamides is 1. The number of aliphatic hydroxyl groups is 1. The molecule has 1 fully saturated rings. The third kappa shape index (κ3) is 3.01. The van der Waals surface area contributed by atoms with Crippen molar-refractivity contribution < 1.29 is 13.5 Å². The largest absolute Gasteiger partial charge is 0.393 e. The third-order valence-corrected chi connectivity index (χ3v) is 6.36. The molecule has 1 aliphatic rings. The van der Waals surface area contributed by atoms with Crippen LogP contribution in [-0.4, -0.2) is 37.0 Å². The lowest BCUT2D eigenvalue weighted by Gasteiger charge is -2.33. The fourth-order valence-corrected chi connectivity index (χ4v) is 4.61. The maximum absolute atomic E-state index is 12.7. The van der Waals surface area contributed by atoms with Gasteiger partial charge in [-0.2, -0.15) is 4.31 Å². The van der Waals surface area contributed by atoms with Gasteiger partial charge in [0.2, 0.25) is 10.0 Å². The van der Waals surface area contributed by atoms with Gasteiger partial charge in [-0.1, -0.05) is 17.7 Å². The second kappa shape index (κ2) is 6.02. The monoisotopic (exact) mass is 317 g/mol. The van der Waals surface area contributed by atoms with Crippen LogP contribution < -0.4 is 0 Å². The summed E-state index contributed by atoms with van der Waals surface area (Å²) in [7, 11) is -3.54. The molecular weight excluding hydrogens is 298 g/mol. The minimum absolute atomic E-state index is 0.00184. The molecule has 20 heavy (non-hydrogen) atoms. The molecule has 4 nitrogen and oxygen atoms in total. The number of hydrogen-bond donors (Lipinski definition) is 1. The highest BCUT2D eigenvalue weighted by atomic mass is 35.5. The van der Waals surface area contributed by atoms with Crippen LogP contribution in [0.2, 0.25) is 5.02 Å². The van der Waals surface area contributed by atoms with Crippen molar-refractivity contribution in [1.29, 1.82) is 0 Å². The number of hydrogen-bond acceptors (Lipinski definition) is 3. The van der Waals surface area contributed by atoms with Crippen molar-refractivity contribution in [1.82, 2.24) is 4.31 Å². The molecule has 1 N–H and O–H groups in total. The first-order valence-electron chi connectivity index (χ1n) is 6.77. The van der Waals surface area contributed by atoms with Crippen molar-refractivity contribution in [3.05, 3.63) is 28.8 Å². The second-order valence-electron chi connectivity index (χ2n) is 5.37. The molecule has 0 radical (unpaired) electrons. The Bertz CT molecular complexity index is 586. The Balaban J connectivity index is 2.33. The third-order valence-electron chi connectivity index (χ3n) is 3.94. The Morgan fingerprint density at radius 1 is 1.45 bits per heavy atom. The average Bonchev–Trinajstić information content (AvgIpc) is 2.41. The van der Waals surface area contributed by atoms with Gasteiger partial charge in [0.15, 0.2) is 0 Å². The highest BCUT2D eigenvalue weighted by Gasteiger charge is 2.32. The molecule has 2 atom stereocenters. The molecule has 0 aromatic heterocycles. The molecule has 0 bridgehead atoms. The summed E-state index contributed by atoms with van der Waals surface area (Å²) >= 11 is 6.01. The van der Waals surface area contributed by atoms with Crippen molar-refractivity contribution in [2.24, 2.45) is 5.92 Å². The van der Waals surface area contributed by atoms with Crippen LogP contribution in [-0.2, 0) is 10.0 Å². The lowest BCUT2D eigenvalue weighted by atomic mass is 9.95. The van der Waals surface area contributed by atoms with Crippen molar-refractivity contribution in [2.45, 2.75) is 37.7 Å². The van der Waals surface area contributed by atoms with Gasteiger partial charge in [0.1, 0.15) is 0 Å². The fraction of sp³-hybridized carbons (Fsp3) is 0.571. The lowest BCUT2D eigenvalue weighted by molar-refractivity contribution is 0.0885. The van der Waals surface area contributed by atoms with Crippen LogP contribution in [0, 0.1) is 12.8 Å². The normalized spacial score (nSPS) is 22.7. The molecule has 0 aliphatic carbocycles. The summed E-state index contributed by atoms with van der Waals surface area (Å²) in [4.78, 5) is 0.260. The lowest BCUT2D eigenvalue weighted by Crippen LogP contribution is -2.43. The number of benzene rings is 1. The first-order valence-corrected chi connectivity index (χ1v) is 8.59. The predicted molar refractivity (Wildman–Crippen MR) is 79.4 cm³/mol. The minimum Gasteiger partial charge on any atom is -0.393 e. The molecule has 6 heteroatoms. The van der Waals surface area contributed by atoms with Gasteiger partial charge in [-0.25, -0.2) is 8.42 Å². The van der Waals surface area contributed by atoms with E-state index in [0.29, 0.717) is 23.7 Å². The zero-order valence-electron chi connectivity index (χ0n) is 11.7. The second-order valence-corrected chi connectivity index (χ2v) is 7.68. The van der Waals surface area contributed by atoms with Gasteiger partial charge in [-0.05, 0) is 50.3 Å². The van der Waals surface area contributed by atoms with E-state index >= 15 is 0 Å². The Labute approximate surface area is 125 Å². The summed E-state index contributed by atoms with van der Waals surface area (Å²) in [5.41, 5.74) is 0.577. The van der Waals surface area contributed by atoms with Crippen LogP contribution in [0.1, 0.15) is 25.3 Å². The van der Waals surface area contributed by atoms with Crippen molar-refractivity contribution in [2.75, 3.05) is 13.1 Å². The Morgan fingerprint density at radius 3 is 2.80 bits per heavy atom. The molecule has 1 aliphatic heterocycles. The smallest absolute Gasteiger partial charge is 0.243 e. The van der Waals surface area contributed by atoms with E-state index in [1.54, 1.807) is 32.0 Å². The van der Waals surface area contributed by atoms with Gasteiger partial charge in [0, 0.05) is 18.1 Å². The Kier molecular flexibility index (Phi) is 4.74. The summed E-state index contributed by atoms with van der Waals surface area (Å²) < 4.78 is 26.9. The van der Waals surface area contributed by atoms with E-state index in [1.807, 2.05) is 0 Å². The molecular formula is C14H20ClNO3S. The molecule has 2 rings (SSSR count). The molecule has 1 aromatic carbocycles. The quantitative estimate of drug-likeness (QED) is 0.931. The standard InChI is InChI=1S/C14H20ClNO3S/c1-10-13(15)6-3-7-14(10)20(18,19)16-8-4-5-12(9-16)11(2)17/h3,6-7,11-12,17H,4-5,8-9H2,1-2H3. The van der Waals surface area contributed by atoms with Crippen LogP contribution >= 0.6 is 11.6 Å². The number of nitrogens with zero attached hydrogens (tertiary/aromatic N) is 1. The predicted octanol–water partition coefficient (Wildman–Crippen LogP) is 2.43. The van der Waals surface area contributed by atoms with Gasteiger partial charge in [0.05, 0.1) is 11.0 Å². The van der Waals surface area contributed by atoms with Crippen molar-refractivity contribution in [3.8, 4) is 0 Å². The molecule has 1 saturated heterocycles. The number of piperidine rings is 1. The maximum Gasteiger partial charge on any atom is 0.243 e. The highest BCUT2D eigenvalue weighted by molar-refractivity contribution is 7.89. The van der Waals surface area contributed by atoms with Gasteiger partial charge in [-0.15, -0.1) is 0 Å². The SMILES string of the molecule is Cc1c(Cl)cccc1S(=O)(=O)N1CCCC(C(C)O)C1. The first kappa shape index (κ1) is 15.8. The number of halogens is 1. The van der Waals surface area contributed by atoms with E-state index in [4.69, 9.17) is 11.6 Å². The summed E-state index contributed by atoms with van der Waals surface area (Å²) in [6.45, 7) is 4.29. The molecule has 1 heterocycles. The first-order chi connectivity index (χ1) is 9.34. The number of rotatable bonds is 3. The van der Waals surface area contributed by atoms with E-state index in [9.17, 15) is 13.5 Å². The average molecular weight is 318 g/mol. The van der Waals surface area contributed by atoms with E-state index in [2.05, 4.69) is 0 Å². The zero-order chi connectivity index (χ0) is 14.9. The fourth-order valence-electron chi connectivity index (χ4n) is 2.59. The maximum atomic E-state index is 12.7. The van der Waals surface area contributed by atoms with Crippen LogP contribution in [0.15, 0.2) is 23.1 Å². The molecule has 0 spiro atoms. The topological polar surface area (TPSA) is 57.6 Å². The van der Waals surface area contributed by atoms with Crippen LogP contribution in [0.5, 0.6) is 0 Å². The summed E-state index contributed by atoms with van der Waals surface area (Å²) in [6.07, 6.45) is 1.14. The molecule has 0 saturated carbocycles. The van der Waals surface area contributed by atoms with Gasteiger partial charge in [0.25, 0.3) is 0 Å². The van der Waals surface area contributed by atoms with Gasteiger partial charge >= 0.3 is 0 Å². The molecule has 1 aromatic rings. The van der Waals surface area contributed by atoms with Crippen LogP contribution in [0.4, 0.5) is 0 Å². The zero-order valence-corrected chi connectivity index (χ0v) is 13.3.